The molecule has 1 aromatic heterocycles. The summed E-state index contributed by atoms with van der Waals surface area (Å²) >= 11 is 0. The molecule has 0 bridgehead atoms. The molecular weight excluding hydrogens is 280 g/mol. The Balaban J connectivity index is 1.40. The Morgan fingerprint density at radius 2 is 1.91 bits per heavy atom. The van der Waals surface area contributed by atoms with Crippen LogP contribution >= 0.6 is 0 Å². The Morgan fingerprint density at radius 1 is 1.18 bits per heavy atom. The molecule has 1 unspecified atom stereocenters. The van der Waals surface area contributed by atoms with E-state index in [0.717, 1.165) is 70.2 Å². The number of aliphatic hydroxyl groups is 1. The van der Waals surface area contributed by atoms with Crippen LogP contribution in [-0.2, 0) is 11.3 Å². The van der Waals surface area contributed by atoms with Gasteiger partial charge < -0.3 is 14.7 Å². The summed E-state index contributed by atoms with van der Waals surface area (Å²) in [4.78, 5) is 13.6. The average Bonchev–Trinajstić information content (AvgIpc) is 3.13. The second-order valence-corrected chi connectivity index (χ2v) is 6.72. The van der Waals surface area contributed by atoms with Gasteiger partial charge in [-0.2, -0.15) is 0 Å². The third-order valence-corrected chi connectivity index (χ3v) is 5.12. The van der Waals surface area contributed by atoms with Crippen molar-refractivity contribution in [3.8, 4) is 0 Å². The van der Waals surface area contributed by atoms with Crippen LogP contribution in [0.5, 0.6) is 0 Å². The molecule has 22 heavy (non-hydrogen) atoms. The molecule has 3 aliphatic rings. The summed E-state index contributed by atoms with van der Waals surface area (Å²) in [6, 6.07) is 0.325. The molecule has 1 aliphatic carbocycles. The minimum absolute atomic E-state index is 0.325. The molecule has 2 aliphatic heterocycles. The number of rotatable bonds is 4. The first-order valence-electron chi connectivity index (χ1n) is 8.35. The summed E-state index contributed by atoms with van der Waals surface area (Å²) < 4.78 is 5.36. The average molecular weight is 304 g/mol. The number of hydrogen-bond acceptors (Lipinski definition) is 6. The van der Waals surface area contributed by atoms with E-state index in [1.54, 1.807) is 0 Å². The van der Waals surface area contributed by atoms with Gasteiger partial charge in [0.05, 0.1) is 18.8 Å². The Labute approximate surface area is 131 Å². The van der Waals surface area contributed by atoms with Crippen LogP contribution in [0.2, 0.25) is 0 Å². The zero-order valence-corrected chi connectivity index (χ0v) is 12.9. The van der Waals surface area contributed by atoms with E-state index in [9.17, 15) is 5.11 Å². The van der Waals surface area contributed by atoms with E-state index in [-0.39, 0.29) is 0 Å². The van der Waals surface area contributed by atoms with Gasteiger partial charge in [-0.25, -0.2) is 9.97 Å². The molecule has 3 fully saturated rings. The zero-order chi connectivity index (χ0) is 15.0. The molecule has 6 heteroatoms. The van der Waals surface area contributed by atoms with Gasteiger partial charge in [0.2, 0.25) is 5.95 Å². The first kappa shape index (κ1) is 14.4. The Kier molecular flexibility index (Phi) is 3.76. The van der Waals surface area contributed by atoms with Crippen molar-refractivity contribution in [3.05, 3.63) is 18.0 Å². The molecule has 1 aromatic rings. The summed E-state index contributed by atoms with van der Waals surface area (Å²) in [6.07, 6.45) is 8.08. The molecule has 4 rings (SSSR count). The molecule has 3 heterocycles. The molecule has 0 radical (unpaired) electrons. The zero-order valence-electron chi connectivity index (χ0n) is 12.9. The monoisotopic (exact) mass is 304 g/mol. The Hall–Kier alpha value is -1.24. The highest BCUT2D eigenvalue weighted by Gasteiger charge is 2.51. The fourth-order valence-corrected chi connectivity index (χ4v) is 3.68. The van der Waals surface area contributed by atoms with Crippen LogP contribution in [0.4, 0.5) is 5.95 Å². The predicted octanol–water partition coefficient (Wildman–Crippen LogP) is 0.802. The van der Waals surface area contributed by atoms with E-state index in [2.05, 4.69) is 19.8 Å². The normalized spacial score (nSPS) is 28.0. The first-order valence-corrected chi connectivity index (χ1v) is 8.35. The molecule has 0 aromatic carbocycles. The maximum atomic E-state index is 10.4. The second kappa shape index (κ2) is 5.76. The number of hydrogen-bond donors (Lipinski definition) is 1. The van der Waals surface area contributed by atoms with Crippen molar-refractivity contribution >= 4 is 5.95 Å². The van der Waals surface area contributed by atoms with Gasteiger partial charge in [0, 0.05) is 43.6 Å². The van der Waals surface area contributed by atoms with Crippen LogP contribution in [0.15, 0.2) is 12.4 Å². The van der Waals surface area contributed by atoms with Crippen LogP contribution < -0.4 is 4.90 Å². The summed E-state index contributed by atoms with van der Waals surface area (Å²) in [5.74, 6) is 0.797. The van der Waals surface area contributed by atoms with E-state index in [1.807, 2.05) is 12.4 Å². The molecule has 6 nitrogen and oxygen atoms in total. The van der Waals surface area contributed by atoms with Gasteiger partial charge in [0.25, 0.3) is 0 Å². The van der Waals surface area contributed by atoms with Gasteiger partial charge in [0.1, 0.15) is 0 Å². The standard InChI is InChI=1S/C16H24N4O2/c21-16(3-4-16)14-2-1-5-20(14)12-13-10-17-15(18-11-13)19-6-8-22-9-7-19/h10-11,14,21H,1-9,12H2. The lowest BCUT2D eigenvalue weighted by atomic mass is 10.1. The van der Waals surface area contributed by atoms with Gasteiger partial charge in [-0.15, -0.1) is 0 Å². The maximum Gasteiger partial charge on any atom is 0.225 e. The largest absolute Gasteiger partial charge is 0.388 e. The number of aromatic nitrogens is 2. The molecule has 0 amide bonds. The summed E-state index contributed by atoms with van der Waals surface area (Å²) in [5.41, 5.74) is 0.721. The lowest BCUT2D eigenvalue weighted by molar-refractivity contribution is 0.0480. The van der Waals surface area contributed by atoms with Crippen molar-refractivity contribution < 1.29 is 9.84 Å². The van der Waals surface area contributed by atoms with Crippen molar-refractivity contribution in [2.75, 3.05) is 37.7 Å². The van der Waals surface area contributed by atoms with E-state index in [1.165, 1.54) is 6.42 Å². The Bertz CT molecular complexity index is 511. The highest BCUT2D eigenvalue weighted by molar-refractivity contribution is 5.30. The van der Waals surface area contributed by atoms with Crippen LogP contribution in [0.3, 0.4) is 0 Å². The summed E-state index contributed by atoms with van der Waals surface area (Å²) in [5, 5.41) is 10.4. The number of anilines is 1. The quantitative estimate of drug-likeness (QED) is 0.888. The van der Waals surface area contributed by atoms with Gasteiger partial charge in [-0.3, -0.25) is 4.90 Å². The number of morpholine rings is 1. The van der Waals surface area contributed by atoms with Gasteiger partial charge in [-0.05, 0) is 32.2 Å². The molecule has 1 N–H and O–H groups in total. The molecule has 0 spiro atoms. The van der Waals surface area contributed by atoms with E-state index < -0.39 is 5.60 Å². The summed E-state index contributed by atoms with van der Waals surface area (Å²) in [6.45, 7) is 5.13. The van der Waals surface area contributed by atoms with E-state index in [0.29, 0.717) is 6.04 Å². The van der Waals surface area contributed by atoms with Crippen molar-refractivity contribution in [2.45, 2.75) is 43.9 Å². The van der Waals surface area contributed by atoms with E-state index >= 15 is 0 Å². The second-order valence-electron chi connectivity index (χ2n) is 6.72. The minimum atomic E-state index is -0.412. The van der Waals surface area contributed by atoms with E-state index in [4.69, 9.17) is 4.74 Å². The number of ether oxygens (including phenoxy) is 1. The van der Waals surface area contributed by atoms with Gasteiger partial charge in [-0.1, -0.05) is 0 Å². The number of nitrogens with zero attached hydrogens (tertiary/aromatic N) is 4. The maximum absolute atomic E-state index is 10.4. The highest BCUT2D eigenvalue weighted by Crippen LogP contribution is 2.44. The van der Waals surface area contributed by atoms with Gasteiger partial charge >= 0.3 is 0 Å². The van der Waals surface area contributed by atoms with Crippen molar-refractivity contribution in [1.82, 2.24) is 14.9 Å². The SMILES string of the molecule is OC1(C2CCCN2Cc2cnc(N3CCOCC3)nc2)CC1. The van der Waals surface area contributed by atoms with Crippen LogP contribution in [0.1, 0.15) is 31.2 Å². The fourth-order valence-electron chi connectivity index (χ4n) is 3.68. The Morgan fingerprint density at radius 3 is 2.59 bits per heavy atom. The molecule has 1 saturated carbocycles. The van der Waals surface area contributed by atoms with Crippen molar-refractivity contribution in [2.24, 2.45) is 0 Å². The smallest absolute Gasteiger partial charge is 0.225 e. The van der Waals surface area contributed by atoms with Gasteiger partial charge in [0.15, 0.2) is 0 Å². The third kappa shape index (κ3) is 2.83. The molecular formula is C16H24N4O2. The molecule has 2 saturated heterocycles. The lowest BCUT2D eigenvalue weighted by Crippen LogP contribution is -2.40. The predicted molar refractivity (Wildman–Crippen MR) is 82.7 cm³/mol. The van der Waals surface area contributed by atoms with Crippen molar-refractivity contribution in [3.63, 3.8) is 0 Å². The van der Waals surface area contributed by atoms with Crippen LogP contribution in [0, 0.1) is 0 Å². The van der Waals surface area contributed by atoms with Crippen LogP contribution in [-0.4, -0.2) is 64.5 Å². The minimum Gasteiger partial charge on any atom is -0.388 e. The molecule has 120 valence electrons. The fraction of sp³-hybridized carbons (Fsp3) is 0.750. The van der Waals surface area contributed by atoms with Crippen LogP contribution in [0.25, 0.3) is 0 Å². The molecule has 1 atom stereocenters. The highest BCUT2D eigenvalue weighted by atomic mass is 16.5. The topological polar surface area (TPSA) is 61.7 Å². The summed E-state index contributed by atoms with van der Waals surface area (Å²) in [7, 11) is 0. The number of likely N-dealkylation sites (tertiary alicyclic amines) is 1. The first-order chi connectivity index (χ1) is 10.7. The lowest BCUT2D eigenvalue weighted by Gasteiger charge is -2.29. The van der Waals surface area contributed by atoms with Crippen molar-refractivity contribution in [1.29, 1.82) is 0 Å². The third-order valence-electron chi connectivity index (χ3n) is 5.12.